The second-order valence-electron chi connectivity index (χ2n) is 6.19. The molecule has 0 spiro atoms. The van der Waals surface area contributed by atoms with Crippen LogP contribution in [0.15, 0.2) is 73.5 Å². The molecule has 0 saturated carbocycles. The lowest BCUT2D eigenvalue weighted by molar-refractivity contribution is 0.817. The number of benzene rings is 2. The molecule has 2 heteroatoms. The molecule has 2 aromatic rings. The van der Waals surface area contributed by atoms with Crippen molar-refractivity contribution < 1.29 is 0 Å². The van der Waals surface area contributed by atoms with Crippen LogP contribution in [0.4, 0.5) is 0 Å². The van der Waals surface area contributed by atoms with E-state index in [1.54, 1.807) is 7.05 Å². The minimum absolute atomic E-state index is 0.508. The van der Waals surface area contributed by atoms with Crippen LogP contribution in [0.2, 0.25) is 0 Å². The van der Waals surface area contributed by atoms with Gasteiger partial charge >= 0.3 is 0 Å². The molecule has 2 nitrogen and oxygen atoms in total. The first-order valence-corrected chi connectivity index (χ1v) is 8.88. The number of hydrogen-bond acceptors (Lipinski definition) is 2. The largest absolute Gasteiger partial charge is 0.379 e. The molecule has 0 aromatic heterocycles. The zero-order chi connectivity index (χ0) is 18.9. The average Bonchev–Trinajstić information content (AvgIpc) is 3.12. The van der Waals surface area contributed by atoms with E-state index in [0.29, 0.717) is 11.6 Å². The quantitative estimate of drug-likeness (QED) is 0.571. The van der Waals surface area contributed by atoms with Gasteiger partial charge in [-0.15, -0.1) is 13.2 Å². The number of nitrogens with one attached hydrogen (secondary N) is 1. The van der Waals surface area contributed by atoms with E-state index in [9.17, 15) is 5.26 Å². The van der Waals surface area contributed by atoms with Crippen molar-refractivity contribution >= 4 is 11.6 Å². The first-order chi connectivity index (χ1) is 12.7. The predicted molar refractivity (Wildman–Crippen MR) is 112 cm³/mol. The van der Waals surface area contributed by atoms with Crippen LogP contribution in [0, 0.1) is 11.3 Å². The fraction of sp³-hybridized carbons (Fsp3) is 0.208. The Balaban J connectivity index is 0.00000117. The summed E-state index contributed by atoms with van der Waals surface area (Å²) >= 11 is 0. The third-order valence-electron chi connectivity index (χ3n) is 4.76. The molecule has 0 bridgehead atoms. The van der Waals surface area contributed by atoms with Crippen LogP contribution in [-0.2, 0) is 6.42 Å². The lowest BCUT2D eigenvalue weighted by Gasteiger charge is -2.08. The van der Waals surface area contributed by atoms with E-state index in [0.717, 1.165) is 11.1 Å². The van der Waals surface area contributed by atoms with Crippen LogP contribution in [0.25, 0.3) is 11.6 Å². The van der Waals surface area contributed by atoms with Gasteiger partial charge < -0.3 is 5.32 Å². The van der Waals surface area contributed by atoms with Gasteiger partial charge in [0.25, 0.3) is 0 Å². The topological polar surface area (TPSA) is 35.8 Å². The average molecular weight is 342 g/mol. The van der Waals surface area contributed by atoms with Crippen LogP contribution in [0.3, 0.4) is 0 Å². The van der Waals surface area contributed by atoms with E-state index in [1.807, 2.05) is 19.1 Å². The molecule has 1 unspecified atom stereocenters. The van der Waals surface area contributed by atoms with Gasteiger partial charge in [0.05, 0.1) is 0 Å². The number of nitriles is 1. The van der Waals surface area contributed by atoms with Crippen LogP contribution in [-0.4, -0.2) is 7.05 Å². The molecule has 1 aliphatic carbocycles. The maximum absolute atomic E-state index is 9.18. The number of allylic oxidation sites excluding steroid dienone is 3. The summed E-state index contributed by atoms with van der Waals surface area (Å²) in [7, 11) is 1.78. The molecule has 1 atom stereocenters. The lowest BCUT2D eigenvalue weighted by Crippen LogP contribution is -2.05. The minimum atomic E-state index is 0.508. The Morgan fingerprint density at radius 3 is 2.69 bits per heavy atom. The second kappa shape index (κ2) is 9.44. The van der Waals surface area contributed by atoms with Crippen molar-refractivity contribution in [2.24, 2.45) is 0 Å². The van der Waals surface area contributed by atoms with Crippen LogP contribution in [0.1, 0.15) is 41.5 Å². The van der Waals surface area contributed by atoms with Gasteiger partial charge in [-0.3, -0.25) is 0 Å². The molecule has 0 aliphatic heterocycles. The molecular formula is C24H26N2. The van der Waals surface area contributed by atoms with Crippen LogP contribution < -0.4 is 5.32 Å². The van der Waals surface area contributed by atoms with E-state index in [4.69, 9.17) is 0 Å². The van der Waals surface area contributed by atoms with Crippen molar-refractivity contribution in [1.82, 2.24) is 5.32 Å². The molecule has 1 N–H and O–H groups in total. The van der Waals surface area contributed by atoms with Crippen molar-refractivity contribution in [3.63, 3.8) is 0 Å². The molecule has 1 aliphatic rings. The van der Waals surface area contributed by atoms with E-state index < -0.39 is 0 Å². The molecule has 0 fully saturated rings. The highest BCUT2D eigenvalue weighted by Gasteiger charge is 2.18. The van der Waals surface area contributed by atoms with Crippen molar-refractivity contribution in [2.45, 2.75) is 25.7 Å². The van der Waals surface area contributed by atoms with Crippen LogP contribution in [0.5, 0.6) is 0 Å². The van der Waals surface area contributed by atoms with Crippen molar-refractivity contribution in [3.05, 3.63) is 95.7 Å². The summed E-state index contributed by atoms with van der Waals surface area (Å²) in [4.78, 5) is 0. The lowest BCUT2D eigenvalue weighted by atomic mass is 9.98. The Morgan fingerprint density at radius 2 is 1.96 bits per heavy atom. The third-order valence-corrected chi connectivity index (χ3v) is 4.76. The van der Waals surface area contributed by atoms with Gasteiger partial charge in [-0.25, -0.2) is 0 Å². The molecule has 3 rings (SSSR count). The fourth-order valence-corrected chi connectivity index (χ4v) is 3.36. The molecule has 0 heterocycles. The number of rotatable bonds is 4. The highest BCUT2D eigenvalue weighted by atomic mass is 14.8. The van der Waals surface area contributed by atoms with Gasteiger partial charge in [0, 0.05) is 13.0 Å². The summed E-state index contributed by atoms with van der Waals surface area (Å²) < 4.78 is 0. The first kappa shape index (κ1) is 19.3. The Labute approximate surface area is 157 Å². The minimum Gasteiger partial charge on any atom is -0.379 e. The Morgan fingerprint density at radius 1 is 1.19 bits per heavy atom. The van der Waals surface area contributed by atoms with Gasteiger partial charge in [-0.1, -0.05) is 54.6 Å². The normalized spacial score (nSPS) is 16.1. The van der Waals surface area contributed by atoms with Gasteiger partial charge in [-0.2, -0.15) is 5.26 Å². The van der Waals surface area contributed by atoms with Crippen molar-refractivity contribution in [1.29, 1.82) is 5.26 Å². The molecule has 0 saturated heterocycles. The monoisotopic (exact) mass is 342 g/mol. The summed E-state index contributed by atoms with van der Waals surface area (Å²) in [5.41, 5.74) is 6.78. The zero-order valence-corrected chi connectivity index (χ0v) is 15.6. The Kier molecular flexibility index (Phi) is 7.00. The SMILES string of the molecule is C=C.CN/C(C#N)=C(\C)c1cccc(/C=C/C2CCc3ccccc32)c1. The highest BCUT2D eigenvalue weighted by Crippen LogP contribution is 2.34. The second-order valence-corrected chi connectivity index (χ2v) is 6.19. The smallest absolute Gasteiger partial charge is 0.117 e. The van der Waals surface area contributed by atoms with Gasteiger partial charge in [0.15, 0.2) is 0 Å². The summed E-state index contributed by atoms with van der Waals surface area (Å²) in [5.74, 6) is 0.508. The first-order valence-electron chi connectivity index (χ1n) is 8.88. The van der Waals surface area contributed by atoms with Crippen molar-refractivity contribution in [2.75, 3.05) is 7.05 Å². The maximum Gasteiger partial charge on any atom is 0.117 e. The van der Waals surface area contributed by atoms with Crippen LogP contribution >= 0.6 is 0 Å². The third kappa shape index (κ3) is 4.32. The summed E-state index contributed by atoms with van der Waals surface area (Å²) in [6, 6.07) is 19.3. The summed E-state index contributed by atoms with van der Waals surface area (Å²) in [6.45, 7) is 7.98. The summed E-state index contributed by atoms with van der Waals surface area (Å²) in [5, 5.41) is 12.1. The molecule has 0 radical (unpaired) electrons. The predicted octanol–water partition coefficient (Wildman–Crippen LogP) is 5.71. The fourth-order valence-electron chi connectivity index (χ4n) is 3.36. The molecule has 26 heavy (non-hydrogen) atoms. The standard InChI is InChI=1S/C22H22N2.C2H4/c1-16(22(15-23)24-2)20-8-5-6-17(14-20)10-11-19-13-12-18-7-3-4-9-21(18)19;1-2/h3-11,14,19,24H,12-13H2,1-2H3;1-2H2/b11-10+,22-16+;. The van der Waals surface area contributed by atoms with E-state index in [-0.39, 0.29) is 0 Å². The van der Waals surface area contributed by atoms with E-state index in [1.165, 1.54) is 29.5 Å². The highest BCUT2D eigenvalue weighted by molar-refractivity contribution is 5.71. The maximum atomic E-state index is 9.18. The molecule has 132 valence electrons. The van der Waals surface area contributed by atoms with Gasteiger partial charge in [0.1, 0.15) is 11.8 Å². The molecular weight excluding hydrogens is 316 g/mol. The van der Waals surface area contributed by atoms with Gasteiger partial charge in [0.2, 0.25) is 0 Å². The van der Waals surface area contributed by atoms with E-state index >= 15 is 0 Å². The number of hydrogen-bond donors (Lipinski definition) is 1. The summed E-state index contributed by atoms with van der Waals surface area (Å²) in [6.07, 6.45) is 6.87. The number of fused-ring (bicyclic) bond motifs is 1. The van der Waals surface area contributed by atoms with E-state index in [2.05, 4.69) is 73.1 Å². The molecule has 0 amide bonds. The van der Waals surface area contributed by atoms with Crippen molar-refractivity contribution in [3.8, 4) is 6.07 Å². The molecule has 2 aromatic carbocycles. The number of nitrogens with zero attached hydrogens (tertiary/aromatic N) is 1. The zero-order valence-electron chi connectivity index (χ0n) is 15.6. The van der Waals surface area contributed by atoms with Gasteiger partial charge in [-0.05, 0) is 53.7 Å². The Bertz CT molecular complexity index is 853. The Hall–Kier alpha value is -3.05. The number of aryl methyl sites for hydroxylation is 1.